The van der Waals surface area contributed by atoms with Crippen molar-refractivity contribution >= 4 is 39.0 Å². The topological polar surface area (TPSA) is 115 Å². The predicted octanol–water partition coefficient (Wildman–Crippen LogP) is 1.97. The Kier molecular flexibility index (Phi) is 7.43. The molecule has 1 N–H and O–H groups in total. The Bertz CT molecular complexity index is 1340. The Morgan fingerprint density at radius 2 is 1.91 bits per heavy atom. The summed E-state index contributed by atoms with van der Waals surface area (Å²) in [5.41, 5.74) is -0.187. The van der Waals surface area contributed by atoms with Crippen LogP contribution in [0.1, 0.15) is 12.5 Å². The van der Waals surface area contributed by atoms with E-state index in [2.05, 4.69) is 26.0 Å². The Labute approximate surface area is 202 Å². The molecule has 2 heterocycles. The molecule has 4 rings (SSSR count). The first-order valence-electron chi connectivity index (χ1n) is 10.7. The number of fused-ring (bicyclic) bond motifs is 1. The number of benzene rings is 2. The molecule has 1 aliphatic heterocycles. The molecule has 178 valence electrons. The molecule has 0 saturated carbocycles. The molecule has 0 spiro atoms. The van der Waals surface area contributed by atoms with E-state index in [0.29, 0.717) is 65.3 Å². The van der Waals surface area contributed by atoms with Gasteiger partial charge in [0.05, 0.1) is 36.9 Å². The SMILES string of the molecule is CCOc1cc(C=Nn2c(=O)[nH]c3ccccc3c2=O)c(Br)cc1OCC(=O)N1CCOCC1. The van der Waals surface area contributed by atoms with E-state index in [4.69, 9.17) is 14.2 Å². The summed E-state index contributed by atoms with van der Waals surface area (Å²) in [5, 5.41) is 4.44. The maximum absolute atomic E-state index is 12.7. The second-order valence-corrected chi connectivity index (χ2v) is 8.23. The molecule has 1 saturated heterocycles. The molecule has 0 bridgehead atoms. The van der Waals surface area contributed by atoms with Crippen LogP contribution in [0.3, 0.4) is 0 Å². The maximum Gasteiger partial charge on any atom is 0.349 e. The van der Waals surface area contributed by atoms with Crippen molar-refractivity contribution in [1.29, 1.82) is 0 Å². The van der Waals surface area contributed by atoms with Gasteiger partial charge < -0.3 is 24.1 Å². The van der Waals surface area contributed by atoms with Gasteiger partial charge in [-0.3, -0.25) is 9.59 Å². The average Bonchev–Trinajstić information content (AvgIpc) is 2.85. The van der Waals surface area contributed by atoms with E-state index in [1.54, 1.807) is 41.3 Å². The van der Waals surface area contributed by atoms with Gasteiger partial charge in [0.15, 0.2) is 18.1 Å². The molecule has 3 aromatic rings. The number of hydrogen-bond donors (Lipinski definition) is 1. The molecule has 1 aliphatic rings. The van der Waals surface area contributed by atoms with Crippen molar-refractivity contribution in [1.82, 2.24) is 14.6 Å². The molecule has 1 fully saturated rings. The number of nitrogens with one attached hydrogen (secondary N) is 1. The smallest absolute Gasteiger partial charge is 0.349 e. The Morgan fingerprint density at radius 3 is 2.68 bits per heavy atom. The number of aromatic amines is 1. The van der Waals surface area contributed by atoms with Crippen LogP contribution in [0.2, 0.25) is 0 Å². The zero-order valence-electron chi connectivity index (χ0n) is 18.5. The molecule has 11 heteroatoms. The number of halogens is 1. The van der Waals surface area contributed by atoms with Crippen LogP contribution >= 0.6 is 15.9 Å². The molecule has 0 aliphatic carbocycles. The van der Waals surface area contributed by atoms with Gasteiger partial charge in [-0.25, -0.2) is 4.79 Å². The van der Waals surface area contributed by atoms with E-state index < -0.39 is 11.2 Å². The second-order valence-electron chi connectivity index (χ2n) is 7.37. The maximum atomic E-state index is 12.7. The number of amides is 1. The minimum absolute atomic E-state index is 0.137. The molecule has 0 atom stereocenters. The first-order chi connectivity index (χ1) is 16.5. The summed E-state index contributed by atoms with van der Waals surface area (Å²) in [7, 11) is 0. The van der Waals surface area contributed by atoms with Gasteiger partial charge in [0.1, 0.15) is 0 Å². The highest BCUT2D eigenvalue weighted by molar-refractivity contribution is 9.10. The molecule has 2 aromatic carbocycles. The first kappa shape index (κ1) is 23.7. The Balaban J connectivity index is 1.58. The lowest BCUT2D eigenvalue weighted by molar-refractivity contribution is -0.137. The minimum atomic E-state index is -0.650. The summed E-state index contributed by atoms with van der Waals surface area (Å²) in [4.78, 5) is 41.8. The number of H-pyrrole nitrogens is 1. The van der Waals surface area contributed by atoms with Crippen molar-refractivity contribution in [2.75, 3.05) is 39.5 Å². The lowest BCUT2D eigenvalue weighted by Crippen LogP contribution is -2.43. The average molecular weight is 531 g/mol. The fourth-order valence-electron chi connectivity index (χ4n) is 3.45. The Morgan fingerprint density at radius 1 is 1.18 bits per heavy atom. The molecular formula is C23H23BrN4O6. The molecule has 1 aromatic heterocycles. The summed E-state index contributed by atoms with van der Waals surface area (Å²) < 4.78 is 18.0. The molecular weight excluding hydrogens is 508 g/mol. The largest absolute Gasteiger partial charge is 0.490 e. The van der Waals surface area contributed by atoms with E-state index in [-0.39, 0.29) is 12.5 Å². The van der Waals surface area contributed by atoms with Crippen LogP contribution in [0, 0.1) is 0 Å². The van der Waals surface area contributed by atoms with Crippen molar-refractivity contribution in [3.63, 3.8) is 0 Å². The van der Waals surface area contributed by atoms with Gasteiger partial charge in [0.25, 0.3) is 11.5 Å². The van der Waals surface area contributed by atoms with E-state index in [1.807, 2.05) is 6.92 Å². The number of rotatable bonds is 7. The third kappa shape index (κ3) is 5.20. The van der Waals surface area contributed by atoms with Crippen LogP contribution in [-0.2, 0) is 9.53 Å². The van der Waals surface area contributed by atoms with Crippen molar-refractivity contribution in [2.24, 2.45) is 5.10 Å². The number of carbonyl (C=O) groups is 1. The quantitative estimate of drug-likeness (QED) is 0.467. The Hall–Kier alpha value is -3.44. The fraction of sp³-hybridized carbons (Fsp3) is 0.304. The third-order valence-electron chi connectivity index (χ3n) is 5.17. The highest BCUT2D eigenvalue weighted by atomic mass is 79.9. The molecule has 0 radical (unpaired) electrons. The van der Waals surface area contributed by atoms with Gasteiger partial charge in [-0.1, -0.05) is 12.1 Å². The second kappa shape index (κ2) is 10.7. The number of ether oxygens (including phenoxy) is 3. The minimum Gasteiger partial charge on any atom is -0.490 e. The summed E-state index contributed by atoms with van der Waals surface area (Å²) in [6.45, 7) is 4.15. The van der Waals surface area contributed by atoms with Crippen molar-refractivity contribution < 1.29 is 19.0 Å². The third-order valence-corrected chi connectivity index (χ3v) is 5.86. The van der Waals surface area contributed by atoms with Crippen LogP contribution in [0.5, 0.6) is 11.5 Å². The number of morpholine rings is 1. The summed E-state index contributed by atoms with van der Waals surface area (Å²) in [6, 6.07) is 10.0. The monoisotopic (exact) mass is 530 g/mol. The zero-order valence-corrected chi connectivity index (χ0v) is 20.0. The van der Waals surface area contributed by atoms with Crippen molar-refractivity contribution in [3.8, 4) is 11.5 Å². The number of aromatic nitrogens is 2. The number of carbonyl (C=O) groups excluding carboxylic acids is 1. The molecule has 10 nitrogen and oxygen atoms in total. The normalized spacial score (nSPS) is 14.0. The van der Waals surface area contributed by atoms with E-state index in [1.165, 1.54) is 6.21 Å². The predicted molar refractivity (Wildman–Crippen MR) is 130 cm³/mol. The lowest BCUT2D eigenvalue weighted by atomic mass is 10.2. The van der Waals surface area contributed by atoms with E-state index >= 15 is 0 Å². The van der Waals surface area contributed by atoms with Gasteiger partial charge in [-0.15, -0.1) is 4.68 Å². The fourth-order valence-corrected chi connectivity index (χ4v) is 3.88. The zero-order chi connectivity index (χ0) is 24.1. The number of hydrogen-bond acceptors (Lipinski definition) is 7. The van der Waals surface area contributed by atoms with Crippen LogP contribution < -0.4 is 20.7 Å². The van der Waals surface area contributed by atoms with Gasteiger partial charge in [0, 0.05) is 23.1 Å². The highest BCUT2D eigenvalue weighted by Crippen LogP contribution is 2.33. The summed E-state index contributed by atoms with van der Waals surface area (Å²) >= 11 is 3.45. The van der Waals surface area contributed by atoms with Crippen LogP contribution in [-0.4, -0.2) is 66.2 Å². The van der Waals surface area contributed by atoms with Crippen molar-refractivity contribution in [3.05, 3.63) is 67.3 Å². The van der Waals surface area contributed by atoms with Gasteiger partial charge in [-0.2, -0.15) is 5.10 Å². The van der Waals surface area contributed by atoms with Gasteiger partial charge >= 0.3 is 5.69 Å². The van der Waals surface area contributed by atoms with E-state index in [9.17, 15) is 14.4 Å². The standard InChI is InChI=1S/C23H23BrN4O6/c1-2-33-19-11-15(13-25-28-22(30)16-5-3-4-6-18(16)26-23(28)31)17(24)12-20(19)34-14-21(29)27-7-9-32-10-8-27/h3-6,11-13H,2,7-10,14H2,1H3,(H,26,31). The molecule has 34 heavy (non-hydrogen) atoms. The first-order valence-corrected chi connectivity index (χ1v) is 11.5. The van der Waals surface area contributed by atoms with Crippen LogP contribution in [0.4, 0.5) is 0 Å². The van der Waals surface area contributed by atoms with Crippen LogP contribution in [0.15, 0.2) is 55.6 Å². The van der Waals surface area contributed by atoms with Crippen molar-refractivity contribution in [2.45, 2.75) is 6.92 Å². The van der Waals surface area contributed by atoms with E-state index in [0.717, 1.165) is 4.68 Å². The molecule has 0 unspecified atom stereocenters. The summed E-state index contributed by atoms with van der Waals surface area (Å²) in [6.07, 6.45) is 1.38. The van der Waals surface area contributed by atoms with Gasteiger partial charge in [0.2, 0.25) is 0 Å². The lowest BCUT2D eigenvalue weighted by Gasteiger charge is -2.26. The molecule has 1 amide bonds. The number of para-hydroxylation sites is 1. The van der Waals surface area contributed by atoms with Crippen LogP contribution in [0.25, 0.3) is 10.9 Å². The number of nitrogens with zero attached hydrogens (tertiary/aromatic N) is 3. The van der Waals surface area contributed by atoms with Gasteiger partial charge in [-0.05, 0) is 47.1 Å². The summed E-state index contributed by atoms with van der Waals surface area (Å²) in [5.74, 6) is 0.650. The highest BCUT2D eigenvalue weighted by Gasteiger charge is 2.19.